The number of halogens is 1. The number of ether oxygens (including phenoxy) is 1. The van der Waals surface area contributed by atoms with Crippen LogP contribution in [0, 0.1) is 0 Å². The molecular formula is C30H36ClN3O4S. The number of para-hydroxylation sites is 1. The molecule has 2 amide bonds. The van der Waals surface area contributed by atoms with Gasteiger partial charge in [0.1, 0.15) is 10.6 Å². The van der Waals surface area contributed by atoms with E-state index in [9.17, 15) is 14.4 Å². The molecule has 208 valence electrons. The lowest BCUT2D eigenvalue weighted by Crippen LogP contribution is -2.34. The van der Waals surface area contributed by atoms with Gasteiger partial charge in [0.15, 0.2) is 0 Å². The summed E-state index contributed by atoms with van der Waals surface area (Å²) in [5.41, 5.74) is 2.88. The van der Waals surface area contributed by atoms with E-state index in [1.54, 1.807) is 24.3 Å². The van der Waals surface area contributed by atoms with E-state index in [0.29, 0.717) is 21.9 Å². The molecule has 0 spiro atoms. The average Bonchev–Trinajstić information content (AvgIpc) is 3.28. The van der Waals surface area contributed by atoms with Gasteiger partial charge in [-0.15, -0.1) is 11.3 Å². The molecule has 3 rings (SSSR count). The van der Waals surface area contributed by atoms with Crippen molar-refractivity contribution < 1.29 is 19.1 Å². The minimum Gasteiger partial charge on any atom is -0.422 e. The first kappa shape index (κ1) is 30.3. The third kappa shape index (κ3) is 10.1. The lowest BCUT2D eigenvalue weighted by molar-refractivity contribution is -0.126. The molecule has 0 aliphatic heterocycles. The highest BCUT2D eigenvalue weighted by Crippen LogP contribution is 2.36. The number of fused-ring (bicyclic) bond motifs is 1. The second-order valence-electron chi connectivity index (χ2n) is 9.32. The number of nitrogens with zero attached hydrogens (tertiary/aromatic N) is 1. The number of amides is 2. The van der Waals surface area contributed by atoms with E-state index in [4.69, 9.17) is 16.3 Å². The summed E-state index contributed by atoms with van der Waals surface area (Å²) in [4.78, 5) is 37.2. The molecule has 1 heterocycles. The molecule has 0 atom stereocenters. The summed E-state index contributed by atoms with van der Waals surface area (Å²) in [6.07, 6.45) is 12.4. The molecule has 0 radical (unpaired) electrons. The van der Waals surface area contributed by atoms with Crippen molar-refractivity contribution in [3.8, 4) is 5.75 Å². The van der Waals surface area contributed by atoms with Crippen molar-refractivity contribution in [3.63, 3.8) is 0 Å². The average molecular weight is 570 g/mol. The van der Waals surface area contributed by atoms with Crippen LogP contribution in [-0.4, -0.2) is 30.5 Å². The minimum atomic E-state index is -0.569. The van der Waals surface area contributed by atoms with Crippen LogP contribution in [0.4, 0.5) is 0 Å². The van der Waals surface area contributed by atoms with E-state index >= 15 is 0 Å². The SMILES string of the molecule is CCCCCCCCCCCC(=O)NCC(=O)NN=Cc1ccccc1OC(=O)c1sc2ccccc2c1Cl. The number of hydrazone groups is 1. The zero-order valence-electron chi connectivity index (χ0n) is 22.3. The molecule has 0 unspecified atom stereocenters. The van der Waals surface area contributed by atoms with Gasteiger partial charge in [0, 0.05) is 22.1 Å². The maximum atomic E-state index is 12.8. The lowest BCUT2D eigenvalue weighted by Gasteiger charge is -2.07. The van der Waals surface area contributed by atoms with Gasteiger partial charge in [-0.1, -0.05) is 100 Å². The number of thiophene rings is 1. The second kappa shape index (κ2) is 16.7. The van der Waals surface area contributed by atoms with Crippen LogP contribution < -0.4 is 15.5 Å². The van der Waals surface area contributed by atoms with Crippen LogP contribution in [0.25, 0.3) is 10.1 Å². The number of carbonyl (C=O) groups is 3. The van der Waals surface area contributed by atoms with Gasteiger partial charge in [-0.2, -0.15) is 5.10 Å². The van der Waals surface area contributed by atoms with E-state index in [1.165, 1.54) is 56.1 Å². The molecule has 0 fully saturated rings. The van der Waals surface area contributed by atoms with Crippen molar-refractivity contribution in [3.05, 3.63) is 64.0 Å². The highest BCUT2D eigenvalue weighted by Gasteiger charge is 2.19. The Balaban J connectivity index is 1.38. The number of rotatable bonds is 16. The van der Waals surface area contributed by atoms with Gasteiger partial charge >= 0.3 is 5.97 Å². The number of hydrogen-bond donors (Lipinski definition) is 2. The van der Waals surface area contributed by atoms with Gasteiger partial charge in [0.25, 0.3) is 5.91 Å². The van der Waals surface area contributed by atoms with Crippen molar-refractivity contribution in [2.75, 3.05) is 6.54 Å². The predicted octanol–water partition coefficient (Wildman–Crippen LogP) is 7.26. The quantitative estimate of drug-likeness (QED) is 0.0623. The third-order valence-corrected chi connectivity index (χ3v) is 7.84. The molecule has 2 aromatic carbocycles. The number of benzene rings is 2. The Morgan fingerprint density at radius 3 is 2.31 bits per heavy atom. The third-order valence-electron chi connectivity index (χ3n) is 6.19. The van der Waals surface area contributed by atoms with Crippen molar-refractivity contribution in [2.45, 2.75) is 71.1 Å². The summed E-state index contributed by atoms with van der Waals surface area (Å²) in [5, 5.41) is 7.73. The molecule has 39 heavy (non-hydrogen) atoms. The van der Waals surface area contributed by atoms with Crippen molar-refractivity contribution in [1.82, 2.24) is 10.7 Å². The summed E-state index contributed by atoms with van der Waals surface area (Å²) in [5.74, 6) is -0.878. The maximum absolute atomic E-state index is 12.8. The second-order valence-corrected chi connectivity index (χ2v) is 10.7. The van der Waals surface area contributed by atoms with Crippen LogP contribution >= 0.6 is 22.9 Å². The van der Waals surface area contributed by atoms with E-state index < -0.39 is 11.9 Å². The van der Waals surface area contributed by atoms with Gasteiger partial charge in [-0.05, 0) is 24.6 Å². The summed E-state index contributed by atoms with van der Waals surface area (Å²) >= 11 is 7.67. The highest BCUT2D eigenvalue weighted by molar-refractivity contribution is 7.21. The number of carbonyl (C=O) groups excluding carboxylic acids is 3. The molecule has 9 heteroatoms. The van der Waals surface area contributed by atoms with Crippen LogP contribution in [0.5, 0.6) is 5.75 Å². The molecule has 2 N–H and O–H groups in total. The summed E-state index contributed by atoms with van der Waals surface area (Å²) < 4.78 is 6.48. The van der Waals surface area contributed by atoms with Crippen LogP contribution in [0.1, 0.15) is 86.4 Å². The van der Waals surface area contributed by atoms with Gasteiger partial charge in [0.05, 0.1) is 17.8 Å². The fourth-order valence-electron chi connectivity index (χ4n) is 4.05. The topological polar surface area (TPSA) is 96.9 Å². The van der Waals surface area contributed by atoms with Gasteiger partial charge in [0.2, 0.25) is 5.91 Å². The lowest BCUT2D eigenvalue weighted by atomic mass is 10.1. The number of unbranched alkanes of at least 4 members (excludes halogenated alkanes) is 8. The molecule has 3 aromatic rings. The smallest absolute Gasteiger partial charge is 0.355 e. The number of hydrogen-bond acceptors (Lipinski definition) is 6. The fourth-order valence-corrected chi connectivity index (χ4v) is 5.43. The number of nitrogens with one attached hydrogen (secondary N) is 2. The highest BCUT2D eigenvalue weighted by atomic mass is 35.5. The Bertz CT molecular complexity index is 1270. The van der Waals surface area contributed by atoms with Crippen molar-refractivity contribution >= 4 is 57.0 Å². The van der Waals surface area contributed by atoms with E-state index in [0.717, 1.165) is 29.3 Å². The molecule has 0 saturated heterocycles. The van der Waals surface area contributed by atoms with Crippen molar-refractivity contribution in [1.29, 1.82) is 0 Å². The summed E-state index contributed by atoms with van der Waals surface area (Å²) in [7, 11) is 0. The Kier molecular flexibility index (Phi) is 13.0. The van der Waals surface area contributed by atoms with Gasteiger partial charge in [-0.3, -0.25) is 9.59 Å². The van der Waals surface area contributed by atoms with E-state index in [1.807, 2.05) is 24.3 Å². The van der Waals surface area contributed by atoms with Crippen LogP contribution in [-0.2, 0) is 9.59 Å². The van der Waals surface area contributed by atoms with E-state index in [-0.39, 0.29) is 18.2 Å². The van der Waals surface area contributed by atoms with Crippen molar-refractivity contribution in [2.24, 2.45) is 5.10 Å². The summed E-state index contributed by atoms with van der Waals surface area (Å²) in [6, 6.07) is 14.3. The Morgan fingerprint density at radius 1 is 0.897 bits per heavy atom. The van der Waals surface area contributed by atoms with Crippen LogP contribution in [0.3, 0.4) is 0 Å². The standard InChI is InChI=1S/C30H36ClN3O4S/c1-2-3-4-5-6-7-8-9-10-19-26(35)32-21-27(36)34-33-20-22-15-11-13-17-24(22)38-30(37)29-28(31)23-16-12-14-18-25(23)39-29/h11-18,20H,2-10,19,21H2,1H3,(H,32,35)(H,34,36). The van der Waals surface area contributed by atoms with Crippen LogP contribution in [0.15, 0.2) is 53.6 Å². The predicted molar refractivity (Wildman–Crippen MR) is 159 cm³/mol. The van der Waals surface area contributed by atoms with Crippen LogP contribution in [0.2, 0.25) is 5.02 Å². The first-order chi connectivity index (χ1) is 19.0. The Labute approximate surface area is 239 Å². The number of esters is 1. The first-order valence-corrected chi connectivity index (χ1v) is 14.8. The molecule has 0 bridgehead atoms. The molecule has 0 saturated carbocycles. The molecule has 7 nitrogen and oxygen atoms in total. The molecule has 0 aliphatic rings. The summed E-state index contributed by atoms with van der Waals surface area (Å²) in [6.45, 7) is 2.06. The van der Waals surface area contributed by atoms with Gasteiger partial charge < -0.3 is 10.1 Å². The monoisotopic (exact) mass is 569 g/mol. The zero-order chi connectivity index (χ0) is 27.9. The van der Waals surface area contributed by atoms with Gasteiger partial charge in [-0.25, -0.2) is 10.2 Å². The maximum Gasteiger partial charge on any atom is 0.355 e. The zero-order valence-corrected chi connectivity index (χ0v) is 23.9. The Morgan fingerprint density at radius 2 is 1.56 bits per heavy atom. The minimum absolute atomic E-state index is 0.144. The largest absolute Gasteiger partial charge is 0.422 e. The van der Waals surface area contributed by atoms with E-state index in [2.05, 4.69) is 22.8 Å². The molecule has 1 aromatic heterocycles. The normalized spacial score (nSPS) is 11.1. The molecule has 0 aliphatic carbocycles. The Hall–Kier alpha value is -3.23. The molecular weight excluding hydrogens is 534 g/mol. The first-order valence-electron chi connectivity index (χ1n) is 13.6. The fraction of sp³-hybridized carbons (Fsp3) is 0.400.